The zero-order valence-electron chi connectivity index (χ0n) is 12.5. The average molecular weight is 359 g/mol. The first-order chi connectivity index (χ1) is 10.0. The molecule has 1 aromatic rings. The maximum absolute atomic E-state index is 11.6. The lowest BCUT2D eigenvalue weighted by Crippen LogP contribution is -2.30. The lowest BCUT2D eigenvalue weighted by molar-refractivity contribution is -0.123. The van der Waals surface area contributed by atoms with E-state index in [4.69, 9.17) is 15.2 Å². The Labute approximate surface area is 134 Å². The molecule has 3 N–H and O–H groups in total. The Hall–Kier alpha value is -1.11. The molecule has 6 heteroatoms. The minimum absolute atomic E-state index is 0.00177. The third kappa shape index (κ3) is 7.45. The second-order valence-corrected chi connectivity index (χ2v) is 5.79. The predicted octanol–water partition coefficient (Wildman–Crippen LogP) is 1.87. The maximum Gasteiger partial charge on any atom is 0.257 e. The minimum Gasteiger partial charge on any atom is -0.483 e. The summed E-state index contributed by atoms with van der Waals surface area (Å²) >= 11 is 3.45. The van der Waals surface area contributed by atoms with Crippen LogP contribution in [0.4, 0.5) is 0 Å². The lowest BCUT2D eigenvalue weighted by Gasteiger charge is -2.11. The van der Waals surface area contributed by atoms with Gasteiger partial charge in [0.05, 0.1) is 4.47 Å². The molecule has 1 rings (SSSR count). The van der Waals surface area contributed by atoms with Gasteiger partial charge in [-0.15, -0.1) is 0 Å². The highest BCUT2D eigenvalue weighted by Crippen LogP contribution is 2.26. The molecule has 21 heavy (non-hydrogen) atoms. The fourth-order valence-electron chi connectivity index (χ4n) is 1.80. The van der Waals surface area contributed by atoms with Gasteiger partial charge in [-0.25, -0.2) is 0 Å². The summed E-state index contributed by atoms with van der Waals surface area (Å²) < 4.78 is 11.2. The van der Waals surface area contributed by atoms with Crippen molar-refractivity contribution in [2.45, 2.75) is 25.8 Å². The molecule has 0 aliphatic heterocycles. The van der Waals surface area contributed by atoms with Crippen molar-refractivity contribution in [1.29, 1.82) is 0 Å². The second kappa shape index (κ2) is 9.76. The number of nitrogens with one attached hydrogen (secondary N) is 1. The van der Waals surface area contributed by atoms with E-state index >= 15 is 0 Å². The summed E-state index contributed by atoms with van der Waals surface area (Å²) in [5.41, 5.74) is 6.90. The number of hydrogen-bond acceptors (Lipinski definition) is 4. The standard InChI is InChI=1S/C15H23BrN2O3/c1-11(17)8-12-4-5-14(13(16)9-12)21-10-15(19)18-6-3-7-20-2/h4-5,9,11H,3,6-8,10,17H2,1-2H3,(H,18,19). The van der Waals surface area contributed by atoms with Crippen molar-refractivity contribution < 1.29 is 14.3 Å². The van der Waals surface area contributed by atoms with Crippen molar-refractivity contribution in [3.63, 3.8) is 0 Å². The van der Waals surface area contributed by atoms with E-state index in [-0.39, 0.29) is 18.6 Å². The molecule has 1 unspecified atom stereocenters. The number of ether oxygens (including phenoxy) is 2. The minimum atomic E-state index is -0.141. The van der Waals surface area contributed by atoms with E-state index in [0.29, 0.717) is 18.9 Å². The third-order valence-electron chi connectivity index (χ3n) is 2.76. The van der Waals surface area contributed by atoms with Crippen molar-refractivity contribution in [2.75, 3.05) is 26.9 Å². The Morgan fingerprint density at radius 2 is 2.24 bits per heavy atom. The van der Waals surface area contributed by atoms with E-state index in [1.54, 1.807) is 7.11 Å². The number of carbonyl (C=O) groups excluding carboxylic acids is 1. The molecule has 0 saturated heterocycles. The SMILES string of the molecule is COCCCNC(=O)COc1ccc(CC(C)N)cc1Br. The van der Waals surface area contributed by atoms with Gasteiger partial charge in [-0.05, 0) is 53.4 Å². The molecule has 0 bridgehead atoms. The summed E-state index contributed by atoms with van der Waals surface area (Å²) in [7, 11) is 1.64. The Morgan fingerprint density at radius 3 is 2.86 bits per heavy atom. The summed E-state index contributed by atoms with van der Waals surface area (Å²) in [6.07, 6.45) is 1.59. The number of rotatable bonds is 9. The van der Waals surface area contributed by atoms with Crippen LogP contribution >= 0.6 is 15.9 Å². The quantitative estimate of drug-likeness (QED) is 0.661. The van der Waals surface area contributed by atoms with Crippen LogP contribution in [0.15, 0.2) is 22.7 Å². The summed E-state index contributed by atoms with van der Waals surface area (Å²) in [6.45, 7) is 3.18. The largest absolute Gasteiger partial charge is 0.483 e. The van der Waals surface area contributed by atoms with Gasteiger partial charge < -0.3 is 20.5 Å². The van der Waals surface area contributed by atoms with Crippen molar-refractivity contribution in [1.82, 2.24) is 5.32 Å². The molecule has 1 amide bonds. The molecule has 1 aromatic carbocycles. The van der Waals surface area contributed by atoms with Crippen LogP contribution in [0, 0.1) is 0 Å². The Morgan fingerprint density at radius 1 is 1.48 bits per heavy atom. The highest BCUT2D eigenvalue weighted by atomic mass is 79.9. The van der Waals surface area contributed by atoms with Crippen LogP contribution in [0.5, 0.6) is 5.75 Å². The van der Waals surface area contributed by atoms with Crippen LogP contribution in [0.2, 0.25) is 0 Å². The predicted molar refractivity (Wildman–Crippen MR) is 86.5 cm³/mol. The number of hydrogen-bond donors (Lipinski definition) is 2. The molecule has 0 aromatic heterocycles. The maximum atomic E-state index is 11.6. The smallest absolute Gasteiger partial charge is 0.257 e. The van der Waals surface area contributed by atoms with E-state index in [0.717, 1.165) is 22.9 Å². The molecular weight excluding hydrogens is 336 g/mol. The molecule has 0 saturated carbocycles. The van der Waals surface area contributed by atoms with Gasteiger partial charge in [0.1, 0.15) is 5.75 Å². The van der Waals surface area contributed by atoms with Crippen LogP contribution in [-0.4, -0.2) is 38.8 Å². The fourth-order valence-corrected chi connectivity index (χ4v) is 2.34. The van der Waals surface area contributed by atoms with Crippen molar-refractivity contribution in [3.8, 4) is 5.75 Å². The number of halogens is 1. The molecule has 5 nitrogen and oxygen atoms in total. The van der Waals surface area contributed by atoms with Crippen LogP contribution in [-0.2, 0) is 16.0 Å². The van der Waals surface area contributed by atoms with Crippen LogP contribution in [0.3, 0.4) is 0 Å². The molecule has 0 aliphatic carbocycles. The zero-order chi connectivity index (χ0) is 15.7. The Bertz CT molecular complexity index is 453. The molecule has 0 spiro atoms. The van der Waals surface area contributed by atoms with Gasteiger partial charge in [0.15, 0.2) is 6.61 Å². The van der Waals surface area contributed by atoms with E-state index in [9.17, 15) is 4.79 Å². The van der Waals surface area contributed by atoms with Gasteiger partial charge in [-0.3, -0.25) is 4.79 Å². The van der Waals surface area contributed by atoms with Gasteiger partial charge >= 0.3 is 0 Å². The van der Waals surface area contributed by atoms with E-state index in [1.165, 1.54) is 0 Å². The summed E-state index contributed by atoms with van der Waals surface area (Å²) in [5.74, 6) is 0.508. The summed E-state index contributed by atoms with van der Waals surface area (Å²) in [4.78, 5) is 11.6. The lowest BCUT2D eigenvalue weighted by atomic mass is 10.1. The van der Waals surface area contributed by atoms with Crippen molar-refractivity contribution in [2.24, 2.45) is 5.73 Å². The van der Waals surface area contributed by atoms with E-state index in [2.05, 4.69) is 21.2 Å². The van der Waals surface area contributed by atoms with Crippen LogP contribution in [0.25, 0.3) is 0 Å². The van der Waals surface area contributed by atoms with Crippen LogP contribution in [0.1, 0.15) is 18.9 Å². The van der Waals surface area contributed by atoms with Crippen molar-refractivity contribution in [3.05, 3.63) is 28.2 Å². The first-order valence-electron chi connectivity index (χ1n) is 6.95. The number of benzene rings is 1. The first kappa shape index (κ1) is 17.9. The number of methoxy groups -OCH3 is 1. The number of carbonyl (C=O) groups is 1. The molecular formula is C15H23BrN2O3. The Kier molecular flexibility index (Phi) is 8.34. The third-order valence-corrected chi connectivity index (χ3v) is 3.38. The van der Waals surface area contributed by atoms with E-state index in [1.807, 2.05) is 25.1 Å². The van der Waals surface area contributed by atoms with Crippen molar-refractivity contribution >= 4 is 21.8 Å². The zero-order valence-corrected chi connectivity index (χ0v) is 14.1. The molecule has 0 fully saturated rings. The van der Waals surface area contributed by atoms with Gasteiger partial charge in [0, 0.05) is 26.3 Å². The summed E-state index contributed by atoms with van der Waals surface area (Å²) in [6, 6.07) is 5.89. The molecule has 118 valence electrons. The van der Waals surface area contributed by atoms with Crippen LogP contribution < -0.4 is 15.8 Å². The highest BCUT2D eigenvalue weighted by Gasteiger charge is 2.07. The van der Waals surface area contributed by atoms with E-state index < -0.39 is 0 Å². The topological polar surface area (TPSA) is 73.6 Å². The summed E-state index contributed by atoms with van der Waals surface area (Å²) in [5, 5.41) is 2.77. The van der Waals surface area contributed by atoms with Gasteiger partial charge in [0.2, 0.25) is 0 Å². The Balaban J connectivity index is 2.39. The normalized spacial score (nSPS) is 12.0. The second-order valence-electron chi connectivity index (χ2n) is 4.93. The van der Waals surface area contributed by atoms with Gasteiger partial charge in [-0.2, -0.15) is 0 Å². The fraction of sp³-hybridized carbons (Fsp3) is 0.533. The molecule has 0 radical (unpaired) electrons. The molecule has 1 atom stereocenters. The van der Waals surface area contributed by atoms with Gasteiger partial charge in [0.25, 0.3) is 5.91 Å². The monoisotopic (exact) mass is 358 g/mol. The number of amides is 1. The first-order valence-corrected chi connectivity index (χ1v) is 7.74. The number of nitrogens with two attached hydrogens (primary N) is 1. The average Bonchev–Trinajstić information content (AvgIpc) is 2.42. The van der Waals surface area contributed by atoms with Gasteiger partial charge in [-0.1, -0.05) is 6.07 Å². The highest BCUT2D eigenvalue weighted by molar-refractivity contribution is 9.10. The molecule has 0 heterocycles. The molecule has 0 aliphatic rings.